The minimum atomic E-state index is 0.322. The molecule has 106 valence electrons. The maximum absolute atomic E-state index is 5.68. The standard InChI is InChI=1S/C14H24N4O/c1-10(2)14-16-12(15-3)8-13(17-14)18(4)9-11-6-5-7-19-11/h8,10-11H,5-7,9H2,1-4H3,(H,15,16,17). The van der Waals surface area contributed by atoms with E-state index >= 15 is 0 Å². The third-order valence-corrected chi connectivity index (χ3v) is 3.40. The zero-order valence-electron chi connectivity index (χ0n) is 12.3. The summed E-state index contributed by atoms with van der Waals surface area (Å²) < 4.78 is 5.68. The second kappa shape index (κ2) is 6.19. The lowest BCUT2D eigenvalue weighted by Crippen LogP contribution is -2.29. The SMILES string of the molecule is CNc1cc(N(C)CC2CCCO2)nc(C(C)C)n1. The fraction of sp³-hybridized carbons (Fsp3) is 0.714. The number of ether oxygens (including phenoxy) is 1. The molecule has 1 fully saturated rings. The van der Waals surface area contributed by atoms with Gasteiger partial charge in [-0.1, -0.05) is 13.8 Å². The normalized spacial score (nSPS) is 18.9. The van der Waals surface area contributed by atoms with Crippen molar-refractivity contribution in [2.24, 2.45) is 0 Å². The van der Waals surface area contributed by atoms with Gasteiger partial charge in [-0.2, -0.15) is 0 Å². The van der Waals surface area contributed by atoms with Crippen LogP contribution in [0.25, 0.3) is 0 Å². The molecule has 1 aromatic rings. The van der Waals surface area contributed by atoms with E-state index in [-0.39, 0.29) is 0 Å². The lowest BCUT2D eigenvalue weighted by Gasteiger charge is -2.23. The molecule has 1 aliphatic heterocycles. The van der Waals surface area contributed by atoms with Gasteiger partial charge in [-0.3, -0.25) is 0 Å². The molecule has 1 N–H and O–H groups in total. The predicted molar refractivity (Wildman–Crippen MR) is 77.9 cm³/mol. The molecule has 0 saturated carbocycles. The Morgan fingerprint density at radius 3 is 2.84 bits per heavy atom. The van der Waals surface area contributed by atoms with Gasteiger partial charge in [0.05, 0.1) is 6.10 Å². The van der Waals surface area contributed by atoms with Crippen LogP contribution in [0, 0.1) is 0 Å². The number of anilines is 2. The highest BCUT2D eigenvalue weighted by molar-refractivity contribution is 5.49. The summed E-state index contributed by atoms with van der Waals surface area (Å²) in [5.74, 6) is 3.02. The van der Waals surface area contributed by atoms with E-state index in [9.17, 15) is 0 Å². The van der Waals surface area contributed by atoms with Crippen LogP contribution in [-0.4, -0.2) is 43.3 Å². The number of rotatable bonds is 5. The molecule has 5 nitrogen and oxygen atoms in total. The molecule has 1 atom stereocenters. The first kappa shape index (κ1) is 14.1. The van der Waals surface area contributed by atoms with Crippen molar-refractivity contribution in [3.05, 3.63) is 11.9 Å². The van der Waals surface area contributed by atoms with E-state index in [2.05, 4.69) is 41.1 Å². The van der Waals surface area contributed by atoms with Gasteiger partial charge in [0.1, 0.15) is 17.5 Å². The largest absolute Gasteiger partial charge is 0.376 e. The van der Waals surface area contributed by atoms with E-state index in [4.69, 9.17) is 4.74 Å². The second-order valence-electron chi connectivity index (χ2n) is 5.39. The maximum Gasteiger partial charge on any atom is 0.135 e. The maximum atomic E-state index is 5.68. The van der Waals surface area contributed by atoms with E-state index in [1.807, 2.05) is 13.1 Å². The first-order valence-electron chi connectivity index (χ1n) is 6.99. The van der Waals surface area contributed by atoms with Crippen LogP contribution in [0.15, 0.2) is 6.07 Å². The van der Waals surface area contributed by atoms with Crippen molar-refractivity contribution in [1.82, 2.24) is 9.97 Å². The Hall–Kier alpha value is -1.36. The molecule has 2 heterocycles. The van der Waals surface area contributed by atoms with Gasteiger partial charge in [-0.15, -0.1) is 0 Å². The number of hydrogen-bond acceptors (Lipinski definition) is 5. The average Bonchev–Trinajstić information content (AvgIpc) is 2.90. The molecule has 2 rings (SSSR count). The van der Waals surface area contributed by atoms with E-state index in [1.54, 1.807) is 0 Å². The van der Waals surface area contributed by atoms with Crippen LogP contribution in [-0.2, 0) is 4.74 Å². The summed E-state index contributed by atoms with van der Waals surface area (Å²) in [5.41, 5.74) is 0. The summed E-state index contributed by atoms with van der Waals surface area (Å²) in [7, 11) is 3.95. The molecular weight excluding hydrogens is 240 g/mol. The Bertz CT molecular complexity index is 416. The monoisotopic (exact) mass is 264 g/mol. The van der Waals surface area contributed by atoms with Crippen molar-refractivity contribution in [2.45, 2.75) is 38.7 Å². The predicted octanol–water partition coefficient (Wildman–Crippen LogP) is 2.26. The van der Waals surface area contributed by atoms with Crippen molar-refractivity contribution in [2.75, 3.05) is 37.5 Å². The highest BCUT2D eigenvalue weighted by atomic mass is 16.5. The fourth-order valence-electron chi connectivity index (χ4n) is 2.22. The Balaban J connectivity index is 2.14. The van der Waals surface area contributed by atoms with Crippen molar-refractivity contribution in [1.29, 1.82) is 0 Å². The molecular formula is C14H24N4O. The number of likely N-dealkylation sites (N-methyl/N-ethyl adjacent to an activating group) is 1. The molecule has 1 unspecified atom stereocenters. The van der Waals surface area contributed by atoms with E-state index < -0.39 is 0 Å². The van der Waals surface area contributed by atoms with Gasteiger partial charge >= 0.3 is 0 Å². The van der Waals surface area contributed by atoms with Gasteiger partial charge in [0.2, 0.25) is 0 Å². The van der Waals surface area contributed by atoms with Gasteiger partial charge in [-0.25, -0.2) is 9.97 Å². The number of aromatic nitrogens is 2. The van der Waals surface area contributed by atoms with Gasteiger partial charge in [0.15, 0.2) is 0 Å². The van der Waals surface area contributed by atoms with Crippen molar-refractivity contribution < 1.29 is 4.74 Å². The van der Waals surface area contributed by atoms with Crippen LogP contribution < -0.4 is 10.2 Å². The molecule has 5 heteroatoms. The highest BCUT2D eigenvalue weighted by Crippen LogP contribution is 2.21. The summed E-state index contributed by atoms with van der Waals surface area (Å²) in [4.78, 5) is 11.3. The van der Waals surface area contributed by atoms with Crippen LogP contribution in [0.1, 0.15) is 38.4 Å². The molecule has 0 aromatic carbocycles. The van der Waals surface area contributed by atoms with E-state index in [0.29, 0.717) is 12.0 Å². The molecule has 0 bridgehead atoms. The zero-order chi connectivity index (χ0) is 13.8. The van der Waals surface area contributed by atoms with Gasteiger partial charge < -0.3 is 15.0 Å². The third kappa shape index (κ3) is 3.56. The molecule has 0 radical (unpaired) electrons. The smallest absolute Gasteiger partial charge is 0.135 e. The van der Waals surface area contributed by atoms with Crippen LogP contribution in [0.3, 0.4) is 0 Å². The Labute approximate surface area is 115 Å². The highest BCUT2D eigenvalue weighted by Gasteiger charge is 2.19. The first-order valence-corrected chi connectivity index (χ1v) is 6.99. The molecule has 0 amide bonds. The number of hydrogen-bond donors (Lipinski definition) is 1. The van der Waals surface area contributed by atoms with Gasteiger partial charge in [0.25, 0.3) is 0 Å². The van der Waals surface area contributed by atoms with Crippen molar-refractivity contribution in [3.8, 4) is 0 Å². The molecule has 1 saturated heterocycles. The topological polar surface area (TPSA) is 50.3 Å². The van der Waals surface area contributed by atoms with Crippen LogP contribution in [0.4, 0.5) is 11.6 Å². The van der Waals surface area contributed by atoms with Crippen LogP contribution in [0.5, 0.6) is 0 Å². The summed E-state index contributed by atoms with van der Waals surface area (Å²) in [6.07, 6.45) is 2.65. The Kier molecular flexibility index (Phi) is 4.58. The zero-order valence-corrected chi connectivity index (χ0v) is 12.3. The second-order valence-corrected chi connectivity index (χ2v) is 5.39. The molecule has 1 aliphatic rings. The van der Waals surface area contributed by atoms with Crippen molar-refractivity contribution in [3.63, 3.8) is 0 Å². The minimum Gasteiger partial charge on any atom is -0.376 e. The molecule has 0 spiro atoms. The third-order valence-electron chi connectivity index (χ3n) is 3.40. The van der Waals surface area contributed by atoms with Gasteiger partial charge in [0, 0.05) is 39.2 Å². The lowest BCUT2D eigenvalue weighted by molar-refractivity contribution is 0.116. The fourth-order valence-corrected chi connectivity index (χ4v) is 2.22. The first-order chi connectivity index (χ1) is 9.10. The van der Waals surface area contributed by atoms with Crippen LogP contribution in [0.2, 0.25) is 0 Å². The quantitative estimate of drug-likeness (QED) is 0.884. The number of nitrogens with zero attached hydrogens (tertiary/aromatic N) is 3. The van der Waals surface area contributed by atoms with E-state index in [0.717, 1.165) is 37.0 Å². The van der Waals surface area contributed by atoms with Gasteiger partial charge in [-0.05, 0) is 12.8 Å². The molecule has 0 aliphatic carbocycles. The summed E-state index contributed by atoms with van der Waals surface area (Å²) in [6.45, 7) is 6.00. The molecule has 19 heavy (non-hydrogen) atoms. The summed E-state index contributed by atoms with van der Waals surface area (Å²) in [6, 6.07) is 1.99. The Morgan fingerprint density at radius 1 is 1.47 bits per heavy atom. The average molecular weight is 264 g/mol. The Morgan fingerprint density at radius 2 is 2.26 bits per heavy atom. The molecule has 1 aromatic heterocycles. The summed E-state index contributed by atoms with van der Waals surface area (Å²) in [5, 5.41) is 3.10. The minimum absolute atomic E-state index is 0.322. The summed E-state index contributed by atoms with van der Waals surface area (Å²) >= 11 is 0. The van der Waals surface area contributed by atoms with Crippen molar-refractivity contribution >= 4 is 11.6 Å². The number of nitrogens with one attached hydrogen (secondary N) is 1. The van der Waals surface area contributed by atoms with E-state index in [1.165, 1.54) is 6.42 Å². The van der Waals surface area contributed by atoms with Crippen LogP contribution >= 0.6 is 0 Å². The lowest BCUT2D eigenvalue weighted by atomic mass is 10.2.